The molecule has 0 aliphatic rings. The van der Waals surface area contributed by atoms with E-state index in [1.54, 1.807) is 30.3 Å². The number of alkyl halides is 3. The fourth-order valence-electron chi connectivity index (χ4n) is 1.43. The molecule has 1 N–H and O–H groups in total. The van der Waals surface area contributed by atoms with Crippen LogP contribution in [0.3, 0.4) is 0 Å². The van der Waals surface area contributed by atoms with Gasteiger partial charge in [0.25, 0.3) is 5.91 Å². The van der Waals surface area contributed by atoms with Gasteiger partial charge in [-0.15, -0.1) is 0 Å². The zero-order valence-electron chi connectivity index (χ0n) is 10.4. The molecule has 8 heteroatoms. The number of nitrogens with one attached hydrogen (secondary N) is 1. The van der Waals surface area contributed by atoms with Gasteiger partial charge >= 0.3 is 0 Å². The Balaban J connectivity index is 2.12. The molecule has 0 fully saturated rings. The summed E-state index contributed by atoms with van der Waals surface area (Å²) in [6.07, 6.45) is 0.191. The molecule has 0 aliphatic carbocycles. The Bertz CT molecular complexity index is 596. The van der Waals surface area contributed by atoms with Crippen LogP contribution in [0.25, 0.3) is 0 Å². The highest BCUT2D eigenvalue weighted by Crippen LogP contribution is 2.32. The molecule has 1 aromatic heterocycles. The predicted octanol–water partition coefficient (Wildman–Crippen LogP) is 4.55. The predicted molar refractivity (Wildman–Crippen MR) is 85.0 cm³/mol. The van der Waals surface area contributed by atoms with Crippen molar-refractivity contribution in [1.29, 1.82) is 0 Å². The molecular weight excluding hydrogens is 404 g/mol. The molecule has 1 aromatic carbocycles. The van der Waals surface area contributed by atoms with Crippen LogP contribution in [0.2, 0.25) is 0 Å². The highest BCUT2D eigenvalue weighted by Gasteiger charge is 2.36. The number of carbonyl (C=O) groups is 1. The summed E-state index contributed by atoms with van der Waals surface area (Å²) in [5, 5.41) is 2.46. The van der Waals surface area contributed by atoms with Crippen LogP contribution < -0.4 is 10.1 Å². The summed E-state index contributed by atoms with van der Waals surface area (Å²) in [6, 6.07) is 9.94. The van der Waals surface area contributed by atoms with Crippen LogP contribution in [-0.4, -0.2) is 15.9 Å². The van der Waals surface area contributed by atoms with Gasteiger partial charge < -0.3 is 14.5 Å². The lowest BCUT2D eigenvalue weighted by Gasteiger charge is -2.25. The Morgan fingerprint density at radius 2 is 1.90 bits per heavy atom. The number of furan rings is 1. The minimum absolute atomic E-state index is 0.0913. The Hall–Kier alpha value is -0.880. The molecular formula is C13H9BrCl3NO3. The van der Waals surface area contributed by atoms with E-state index in [2.05, 4.69) is 21.2 Å². The maximum Gasteiger partial charge on any atom is 0.289 e. The summed E-state index contributed by atoms with van der Waals surface area (Å²) in [4.78, 5) is 11.9. The van der Waals surface area contributed by atoms with Crippen molar-refractivity contribution in [3.05, 3.63) is 52.9 Å². The van der Waals surface area contributed by atoms with Crippen LogP contribution in [0.1, 0.15) is 10.6 Å². The third kappa shape index (κ3) is 4.81. The number of hydrogen-bond donors (Lipinski definition) is 1. The number of benzene rings is 1. The van der Waals surface area contributed by atoms with Gasteiger partial charge in [0.15, 0.2) is 5.76 Å². The molecule has 1 atom stereocenters. The van der Waals surface area contributed by atoms with Crippen molar-refractivity contribution >= 4 is 56.6 Å². The first-order valence-electron chi connectivity index (χ1n) is 5.69. The summed E-state index contributed by atoms with van der Waals surface area (Å²) in [5.41, 5.74) is 0. The molecule has 1 amide bonds. The second-order valence-corrected chi connectivity index (χ2v) is 7.23. The summed E-state index contributed by atoms with van der Waals surface area (Å²) >= 11 is 20.8. The van der Waals surface area contributed by atoms with Crippen molar-refractivity contribution in [2.45, 2.75) is 10.0 Å². The second kappa shape index (κ2) is 6.92. The first kappa shape index (κ1) is 16.5. The molecule has 0 radical (unpaired) electrons. The first-order valence-corrected chi connectivity index (χ1v) is 7.62. The van der Waals surface area contributed by atoms with Crippen molar-refractivity contribution < 1.29 is 13.9 Å². The Kier molecular flexibility index (Phi) is 5.43. The third-order valence-electron chi connectivity index (χ3n) is 2.37. The highest BCUT2D eigenvalue weighted by molar-refractivity contribution is 9.10. The quantitative estimate of drug-likeness (QED) is 0.591. The molecule has 21 heavy (non-hydrogen) atoms. The van der Waals surface area contributed by atoms with E-state index in [9.17, 15) is 4.79 Å². The van der Waals surface area contributed by atoms with E-state index in [0.717, 1.165) is 4.47 Å². The minimum atomic E-state index is -1.85. The lowest BCUT2D eigenvalue weighted by Crippen LogP contribution is -2.47. The van der Waals surface area contributed by atoms with Gasteiger partial charge in [-0.25, -0.2) is 0 Å². The van der Waals surface area contributed by atoms with Crippen LogP contribution in [-0.2, 0) is 0 Å². The standard InChI is InChI=1S/C13H9BrCl3NO3/c14-8-3-5-9(6-4-8)21-12(13(15,16)17)18-11(19)10-2-1-7-20-10/h1-7,12H,(H,18,19)/t12-/m1/s1. The summed E-state index contributed by atoms with van der Waals surface area (Å²) < 4.78 is 9.51. The van der Waals surface area contributed by atoms with E-state index in [-0.39, 0.29) is 5.76 Å². The number of hydrogen-bond acceptors (Lipinski definition) is 3. The van der Waals surface area contributed by atoms with Gasteiger partial charge in [-0.2, -0.15) is 0 Å². The molecule has 2 rings (SSSR count). The summed E-state index contributed by atoms with van der Waals surface area (Å²) in [6.45, 7) is 0. The number of amides is 1. The molecule has 2 aromatic rings. The Morgan fingerprint density at radius 3 is 2.43 bits per heavy atom. The monoisotopic (exact) mass is 411 g/mol. The average Bonchev–Trinajstić information content (AvgIpc) is 2.93. The summed E-state index contributed by atoms with van der Waals surface area (Å²) in [7, 11) is 0. The average molecular weight is 413 g/mol. The summed E-state index contributed by atoms with van der Waals surface area (Å²) in [5.74, 6) is -0.0173. The number of carbonyl (C=O) groups excluding carboxylic acids is 1. The fraction of sp³-hybridized carbons (Fsp3) is 0.154. The highest BCUT2D eigenvalue weighted by atomic mass is 79.9. The molecule has 1 heterocycles. The van der Waals surface area contributed by atoms with Crippen molar-refractivity contribution in [1.82, 2.24) is 5.32 Å². The molecule has 0 bridgehead atoms. The van der Waals surface area contributed by atoms with E-state index >= 15 is 0 Å². The zero-order chi connectivity index (χ0) is 15.5. The van der Waals surface area contributed by atoms with Crippen molar-refractivity contribution in [2.24, 2.45) is 0 Å². The topological polar surface area (TPSA) is 51.5 Å². The van der Waals surface area contributed by atoms with Gasteiger partial charge in [0.05, 0.1) is 6.26 Å². The lowest BCUT2D eigenvalue weighted by atomic mass is 10.3. The molecule has 112 valence electrons. The zero-order valence-corrected chi connectivity index (χ0v) is 14.2. The van der Waals surface area contributed by atoms with Gasteiger partial charge in [-0.3, -0.25) is 4.79 Å². The lowest BCUT2D eigenvalue weighted by molar-refractivity contribution is 0.0805. The van der Waals surface area contributed by atoms with Gasteiger partial charge in [-0.1, -0.05) is 50.7 Å². The van der Waals surface area contributed by atoms with E-state index in [1.807, 2.05) is 0 Å². The SMILES string of the molecule is O=C(N[C@H](Oc1ccc(Br)cc1)C(Cl)(Cl)Cl)c1ccco1. The van der Waals surface area contributed by atoms with Gasteiger partial charge in [-0.05, 0) is 36.4 Å². The molecule has 0 unspecified atom stereocenters. The number of ether oxygens (including phenoxy) is 1. The van der Waals surface area contributed by atoms with Crippen LogP contribution in [0, 0.1) is 0 Å². The van der Waals surface area contributed by atoms with Crippen molar-refractivity contribution in [3.8, 4) is 5.75 Å². The van der Waals surface area contributed by atoms with Crippen LogP contribution >= 0.6 is 50.7 Å². The van der Waals surface area contributed by atoms with Gasteiger partial charge in [0.2, 0.25) is 10.0 Å². The maximum absolute atomic E-state index is 11.9. The number of halogens is 4. The van der Waals surface area contributed by atoms with Crippen LogP contribution in [0.5, 0.6) is 5.75 Å². The van der Waals surface area contributed by atoms with Gasteiger partial charge in [0, 0.05) is 4.47 Å². The molecule has 0 spiro atoms. The van der Waals surface area contributed by atoms with E-state index in [0.29, 0.717) is 5.75 Å². The second-order valence-electron chi connectivity index (χ2n) is 3.94. The fourth-order valence-corrected chi connectivity index (χ4v) is 1.99. The van der Waals surface area contributed by atoms with Crippen molar-refractivity contribution in [2.75, 3.05) is 0 Å². The molecule has 0 aliphatic heterocycles. The van der Waals surface area contributed by atoms with Crippen LogP contribution in [0.15, 0.2) is 51.6 Å². The first-order chi connectivity index (χ1) is 9.86. The molecule has 0 saturated heterocycles. The minimum Gasteiger partial charge on any atom is -0.466 e. The Morgan fingerprint density at radius 1 is 1.24 bits per heavy atom. The molecule has 4 nitrogen and oxygen atoms in total. The van der Waals surface area contributed by atoms with E-state index in [4.69, 9.17) is 44.0 Å². The van der Waals surface area contributed by atoms with Gasteiger partial charge in [0.1, 0.15) is 5.75 Å². The Labute approximate surface area is 144 Å². The normalized spacial score (nSPS) is 12.8. The maximum atomic E-state index is 11.9. The van der Waals surface area contributed by atoms with Crippen molar-refractivity contribution in [3.63, 3.8) is 0 Å². The third-order valence-corrected chi connectivity index (χ3v) is 3.50. The number of rotatable bonds is 4. The van der Waals surface area contributed by atoms with Crippen LogP contribution in [0.4, 0.5) is 0 Å². The largest absolute Gasteiger partial charge is 0.466 e. The molecule has 0 saturated carbocycles. The van der Waals surface area contributed by atoms with E-state index < -0.39 is 15.9 Å². The smallest absolute Gasteiger partial charge is 0.289 e. The van der Waals surface area contributed by atoms with E-state index in [1.165, 1.54) is 12.3 Å².